The zero-order valence-corrected chi connectivity index (χ0v) is 13.9. The normalized spacial score (nSPS) is 12.5. The molecule has 0 fully saturated rings. The number of nitrogens with two attached hydrogens (primary N) is 1. The summed E-state index contributed by atoms with van der Waals surface area (Å²) >= 11 is 0. The van der Waals surface area contributed by atoms with Crippen molar-refractivity contribution in [3.05, 3.63) is 35.4 Å². The molecule has 0 aromatic heterocycles. The van der Waals surface area contributed by atoms with Gasteiger partial charge in [0.05, 0.1) is 0 Å². The molecule has 1 unspecified atom stereocenters. The fourth-order valence-corrected chi connectivity index (χ4v) is 2.70. The van der Waals surface area contributed by atoms with E-state index in [1.165, 1.54) is 11.1 Å². The van der Waals surface area contributed by atoms with Crippen LogP contribution in [0.4, 0.5) is 0 Å². The van der Waals surface area contributed by atoms with Gasteiger partial charge in [0.25, 0.3) is 0 Å². The smallest absolute Gasteiger partial charge is 0.222 e. The van der Waals surface area contributed by atoms with Crippen LogP contribution in [-0.2, 0) is 11.3 Å². The number of benzene rings is 1. The number of nitrogens with zero attached hydrogens (tertiary/aromatic N) is 1. The van der Waals surface area contributed by atoms with Crippen LogP contribution in [0.1, 0.15) is 44.2 Å². The molecule has 1 aromatic carbocycles. The fourth-order valence-electron chi connectivity index (χ4n) is 2.70. The van der Waals surface area contributed by atoms with Gasteiger partial charge in [-0.05, 0) is 43.7 Å². The Bertz CT molecular complexity index is 443. The average Bonchev–Trinajstić information content (AvgIpc) is 2.42. The van der Waals surface area contributed by atoms with Crippen LogP contribution < -0.4 is 5.73 Å². The highest BCUT2D eigenvalue weighted by Crippen LogP contribution is 2.21. The molecule has 1 rings (SSSR count). The lowest BCUT2D eigenvalue weighted by atomic mass is 9.88. The third kappa shape index (κ3) is 6.30. The van der Waals surface area contributed by atoms with E-state index in [4.69, 9.17) is 5.73 Å². The Morgan fingerprint density at radius 2 is 2.00 bits per heavy atom. The van der Waals surface area contributed by atoms with Crippen LogP contribution in [0.25, 0.3) is 0 Å². The van der Waals surface area contributed by atoms with Crippen LogP contribution in [0.15, 0.2) is 24.3 Å². The summed E-state index contributed by atoms with van der Waals surface area (Å²) in [4.78, 5) is 14.1. The standard InChI is InChI=1S/C18H30N2O/c1-14(2)17(10-11-19)8-9-18(21)20(4)13-16-7-5-6-15(3)12-16/h5-7,12,14,17H,8-11,13,19H2,1-4H3. The second-order valence-electron chi connectivity index (χ2n) is 6.36. The van der Waals surface area contributed by atoms with Gasteiger partial charge in [-0.3, -0.25) is 4.79 Å². The molecule has 1 aromatic rings. The quantitative estimate of drug-likeness (QED) is 0.798. The van der Waals surface area contributed by atoms with Gasteiger partial charge in [0, 0.05) is 20.0 Å². The lowest BCUT2D eigenvalue weighted by Gasteiger charge is -2.22. The van der Waals surface area contributed by atoms with E-state index < -0.39 is 0 Å². The van der Waals surface area contributed by atoms with Gasteiger partial charge >= 0.3 is 0 Å². The highest BCUT2D eigenvalue weighted by molar-refractivity contribution is 5.75. The number of rotatable bonds is 8. The summed E-state index contributed by atoms with van der Waals surface area (Å²) in [5.74, 6) is 1.36. The molecule has 0 saturated heterocycles. The molecular weight excluding hydrogens is 260 g/mol. The van der Waals surface area contributed by atoms with Crippen molar-refractivity contribution in [2.75, 3.05) is 13.6 Å². The minimum absolute atomic E-state index is 0.221. The molecule has 2 N–H and O–H groups in total. The van der Waals surface area contributed by atoms with Crippen LogP contribution >= 0.6 is 0 Å². The first kappa shape index (κ1) is 17.7. The first-order valence-electron chi connectivity index (χ1n) is 7.93. The Balaban J connectivity index is 2.47. The summed E-state index contributed by atoms with van der Waals surface area (Å²) in [7, 11) is 1.89. The first-order valence-corrected chi connectivity index (χ1v) is 7.93. The topological polar surface area (TPSA) is 46.3 Å². The van der Waals surface area contributed by atoms with E-state index in [0.717, 1.165) is 12.8 Å². The minimum Gasteiger partial charge on any atom is -0.341 e. The Morgan fingerprint density at radius 3 is 2.57 bits per heavy atom. The number of carbonyl (C=O) groups excluding carboxylic acids is 1. The van der Waals surface area contributed by atoms with Crippen LogP contribution in [0.3, 0.4) is 0 Å². The summed E-state index contributed by atoms with van der Waals surface area (Å²) in [5.41, 5.74) is 8.08. The van der Waals surface area contributed by atoms with Crippen molar-refractivity contribution in [2.45, 2.75) is 46.6 Å². The van der Waals surface area contributed by atoms with Crippen LogP contribution in [0.2, 0.25) is 0 Å². The average molecular weight is 290 g/mol. The molecule has 0 aliphatic rings. The molecule has 0 saturated carbocycles. The third-order valence-corrected chi connectivity index (χ3v) is 4.14. The second kappa shape index (κ2) is 8.83. The lowest BCUT2D eigenvalue weighted by Crippen LogP contribution is -2.27. The highest BCUT2D eigenvalue weighted by atomic mass is 16.2. The second-order valence-corrected chi connectivity index (χ2v) is 6.36. The monoisotopic (exact) mass is 290 g/mol. The van der Waals surface area contributed by atoms with E-state index in [1.807, 2.05) is 18.0 Å². The number of aryl methyl sites for hydroxylation is 1. The number of amides is 1. The van der Waals surface area contributed by atoms with Crippen molar-refractivity contribution in [3.63, 3.8) is 0 Å². The third-order valence-electron chi connectivity index (χ3n) is 4.14. The Morgan fingerprint density at radius 1 is 1.29 bits per heavy atom. The Labute approximate surface area is 129 Å². The molecule has 0 radical (unpaired) electrons. The molecule has 0 spiro atoms. The first-order chi connectivity index (χ1) is 9.93. The van der Waals surface area contributed by atoms with E-state index in [9.17, 15) is 4.79 Å². The maximum Gasteiger partial charge on any atom is 0.222 e. The summed E-state index contributed by atoms with van der Waals surface area (Å²) in [6.07, 6.45) is 2.56. The van der Waals surface area contributed by atoms with Crippen molar-refractivity contribution in [2.24, 2.45) is 17.6 Å². The van der Waals surface area contributed by atoms with Crippen LogP contribution in [0, 0.1) is 18.8 Å². The minimum atomic E-state index is 0.221. The summed E-state index contributed by atoms with van der Waals surface area (Å²) < 4.78 is 0. The van der Waals surface area contributed by atoms with Crippen molar-refractivity contribution >= 4 is 5.91 Å². The van der Waals surface area contributed by atoms with E-state index in [1.54, 1.807) is 0 Å². The summed E-state index contributed by atoms with van der Waals surface area (Å²) in [6.45, 7) is 7.88. The molecular formula is C18H30N2O. The van der Waals surface area contributed by atoms with Crippen molar-refractivity contribution in [3.8, 4) is 0 Å². The number of hydrogen-bond acceptors (Lipinski definition) is 2. The zero-order chi connectivity index (χ0) is 15.8. The Hall–Kier alpha value is -1.35. The molecule has 21 heavy (non-hydrogen) atoms. The molecule has 0 bridgehead atoms. The van der Waals surface area contributed by atoms with E-state index >= 15 is 0 Å². The van der Waals surface area contributed by atoms with Gasteiger partial charge in [-0.2, -0.15) is 0 Å². The van der Waals surface area contributed by atoms with Crippen molar-refractivity contribution in [1.29, 1.82) is 0 Å². The number of hydrogen-bond donors (Lipinski definition) is 1. The highest BCUT2D eigenvalue weighted by Gasteiger charge is 2.16. The molecule has 3 heteroatoms. The van der Waals surface area contributed by atoms with Gasteiger partial charge in [-0.25, -0.2) is 0 Å². The van der Waals surface area contributed by atoms with Gasteiger partial charge in [0.15, 0.2) is 0 Å². The molecule has 118 valence electrons. The molecule has 1 atom stereocenters. The largest absolute Gasteiger partial charge is 0.341 e. The molecule has 0 aliphatic heterocycles. The van der Waals surface area contributed by atoms with Crippen molar-refractivity contribution in [1.82, 2.24) is 4.90 Å². The summed E-state index contributed by atoms with van der Waals surface area (Å²) in [5, 5.41) is 0. The molecule has 3 nitrogen and oxygen atoms in total. The Kier molecular flexibility index (Phi) is 7.44. The lowest BCUT2D eigenvalue weighted by molar-refractivity contribution is -0.130. The molecule has 1 amide bonds. The van der Waals surface area contributed by atoms with Gasteiger partial charge in [-0.1, -0.05) is 43.7 Å². The molecule has 0 heterocycles. The SMILES string of the molecule is Cc1cccc(CN(C)C(=O)CCC(CCN)C(C)C)c1. The maximum absolute atomic E-state index is 12.3. The van der Waals surface area contributed by atoms with Crippen molar-refractivity contribution < 1.29 is 4.79 Å². The zero-order valence-electron chi connectivity index (χ0n) is 13.9. The van der Waals surface area contributed by atoms with E-state index in [2.05, 4.69) is 39.0 Å². The predicted molar refractivity (Wildman–Crippen MR) is 88.9 cm³/mol. The van der Waals surface area contributed by atoms with E-state index in [0.29, 0.717) is 31.3 Å². The van der Waals surface area contributed by atoms with Gasteiger partial charge in [0.2, 0.25) is 5.91 Å². The van der Waals surface area contributed by atoms with Gasteiger partial charge in [0.1, 0.15) is 0 Å². The van der Waals surface area contributed by atoms with Crippen LogP contribution in [0.5, 0.6) is 0 Å². The van der Waals surface area contributed by atoms with E-state index in [-0.39, 0.29) is 5.91 Å². The maximum atomic E-state index is 12.3. The van der Waals surface area contributed by atoms with Gasteiger partial charge in [-0.15, -0.1) is 0 Å². The van der Waals surface area contributed by atoms with Crippen LogP contribution in [-0.4, -0.2) is 24.4 Å². The molecule has 0 aliphatic carbocycles. The van der Waals surface area contributed by atoms with Gasteiger partial charge < -0.3 is 10.6 Å². The summed E-state index contributed by atoms with van der Waals surface area (Å²) in [6, 6.07) is 8.32. The number of carbonyl (C=O) groups is 1. The fraction of sp³-hybridized carbons (Fsp3) is 0.611. The predicted octanol–water partition coefficient (Wildman–Crippen LogP) is 3.35.